The van der Waals surface area contributed by atoms with Crippen LogP contribution in [0.2, 0.25) is 0 Å². The van der Waals surface area contributed by atoms with Gasteiger partial charge >= 0.3 is 0 Å². The predicted octanol–water partition coefficient (Wildman–Crippen LogP) is 12.8. The summed E-state index contributed by atoms with van der Waals surface area (Å²) >= 11 is 0. The lowest BCUT2D eigenvalue weighted by molar-refractivity contribution is -0.113. The van der Waals surface area contributed by atoms with E-state index in [9.17, 15) is 4.79 Å². The van der Waals surface area contributed by atoms with Crippen molar-refractivity contribution in [2.75, 3.05) is 0 Å². The number of allylic oxidation sites excluding steroid dienone is 9. The minimum atomic E-state index is 0.145. The molecule has 0 aliphatic heterocycles. The van der Waals surface area contributed by atoms with Crippen molar-refractivity contribution in [3.05, 3.63) is 89.1 Å². The van der Waals surface area contributed by atoms with E-state index < -0.39 is 0 Å². The average Bonchev–Trinajstić information content (AvgIpc) is 3.25. The monoisotopic (exact) mass is 596 g/mol. The first-order valence-electron chi connectivity index (χ1n) is 18.2. The van der Waals surface area contributed by atoms with Gasteiger partial charge in [0.1, 0.15) is 0 Å². The third-order valence-electron chi connectivity index (χ3n) is 10.7. The summed E-state index contributed by atoms with van der Waals surface area (Å²) < 4.78 is 0. The summed E-state index contributed by atoms with van der Waals surface area (Å²) in [5, 5.41) is 0. The average molecular weight is 597 g/mol. The maximum Gasteiger partial charge on any atom is 0.159 e. The molecule has 0 heterocycles. The number of benzene rings is 1. The van der Waals surface area contributed by atoms with E-state index in [0.29, 0.717) is 11.8 Å². The van der Waals surface area contributed by atoms with Gasteiger partial charge in [0, 0.05) is 5.57 Å². The lowest BCUT2D eigenvalue weighted by Gasteiger charge is -2.30. The summed E-state index contributed by atoms with van der Waals surface area (Å²) in [5.41, 5.74) is 8.80. The van der Waals surface area contributed by atoms with Gasteiger partial charge in [-0.05, 0) is 91.2 Å². The largest absolute Gasteiger partial charge is 0.295 e. The van der Waals surface area contributed by atoms with Crippen LogP contribution >= 0.6 is 0 Å². The summed E-state index contributed by atoms with van der Waals surface area (Å²) in [6.07, 6.45) is 28.6. The molecule has 1 nitrogen and oxygen atoms in total. The number of fused-ring (bicyclic) bond motifs is 1. The summed E-state index contributed by atoms with van der Waals surface area (Å²) in [4.78, 5) is 12.0. The Morgan fingerprint density at radius 3 is 2.39 bits per heavy atom. The molecule has 0 amide bonds. The minimum Gasteiger partial charge on any atom is -0.295 e. The fourth-order valence-electron chi connectivity index (χ4n) is 8.13. The standard InChI is InChI=1S/C41H58O.C2H6/c1-7-15-38-30(3)37(26-32-16-9-10-17-34(20-13-18-32)29-41(5,6)8-2)28-36-21-11-12-23-39(36)40(38)27-33-19-14-22-35(25-24-33)31(4)42;1-2/h8,11-12,14,21-25,30,32,34,37H,2,7,9-10,13,15-20,26-29H2,1,3-6H3;1-2H3. The third-order valence-corrected chi connectivity index (χ3v) is 10.7. The predicted molar refractivity (Wildman–Crippen MR) is 194 cm³/mol. The van der Waals surface area contributed by atoms with Crippen molar-refractivity contribution in [3.63, 3.8) is 0 Å². The molecular weight excluding hydrogens is 532 g/mol. The van der Waals surface area contributed by atoms with Gasteiger partial charge in [-0.3, -0.25) is 4.79 Å². The molecule has 1 saturated carbocycles. The molecule has 1 fully saturated rings. The van der Waals surface area contributed by atoms with Crippen molar-refractivity contribution in [3.8, 4) is 0 Å². The molecule has 1 heteroatoms. The highest BCUT2D eigenvalue weighted by molar-refractivity contribution is 5.96. The Kier molecular flexibility index (Phi) is 14.7. The van der Waals surface area contributed by atoms with E-state index in [-0.39, 0.29) is 11.2 Å². The van der Waals surface area contributed by atoms with Crippen LogP contribution in [0, 0.1) is 29.1 Å². The van der Waals surface area contributed by atoms with Crippen LogP contribution in [0.3, 0.4) is 0 Å². The second kappa shape index (κ2) is 17.9. The number of Topliss-reactive ketones (excluding diaryl/α,β-unsaturated/α-hetero) is 1. The molecule has 0 aromatic heterocycles. The smallest absolute Gasteiger partial charge is 0.159 e. The Morgan fingerprint density at radius 2 is 1.68 bits per heavy atom. The van der Waals surface area contributed by atoms with Crippen molar-refractivity contribution in [1.29, 1.82) is 0 Å². The van der Waals surface area contributed by atoms with Gasteiger partial charge in [-0.2, -0.15) is 0 Å². The molecule has 0 N–H and O–H groups in total. The zero-order valence-corrected chi connectivity index (χ0v) is 29.5. The van der Waals surface area contributed by atoms with Crippen LogP contribution in [0.5, 0.6) is 0 Å². The number of carbonyl (C=O) groups excluding carboxylic acids is 1. The highest BCUT2D eigenvalue weighted by Gasteiger charge is 2.31. The highest BCUT2D eigenvalue weighted by atomic mass is 16.1. The van der Waals surface area contributed by atoms with E-state index in [2.05, 4.69) is 76.8 Å². The Balaban J connectivity index is 0.00000259. The lowest BCUT2D eigenvalue weighted by Crippen LogP contribution is -2.20. The molecule has 0 bridgehead atoms. The van der Waals surface area contributed by atoms with E-state index in [1.54, 1.807) is 23.6 Å². The van der Waals surface area contributed by atoms with Crippen LogP contribution in [-0.4, -0.2) is 5.78 Å². The van der Waals surface area contributed by atoms with Crippen molar-refractivity contribution >= 4 is 11.4 Å². The van der Waals surface area contributed by atoms with Gasteiger partial charge < -0.3 is 0 Å². The molecule has 0 radical (unpaired) electrons. The second-order valence-corrected chi connectivity index (χ2v) is 14.5. The van der Waals surface area contributed by atoms with E-state index in [4.69, 9.17) is 0 Å². The van der Waals surface area contributed by atoms with Gasteiger partial charge in [0.05, 0.1) is 0 Å². The minimum absolute atomic E-state index is 0.145. The van der Waals surface area contributed by atoms with Gasteiger partial charge in [0.15, 0.2) is 5.78 Å². The zero-order chi connectivity index (χ0) is 32.1. The molecule has 242 valence electrons. The van der Waals surface area contributed by atoms with E-state index in [1.165, 1.54) is 88.2 Å². The molecule has 1 aromatic rings. The first kappa shape index (κ1) is 36.1. The number of hydrogen-bond acceptors (Lipinski definition) is 1. The van der Waals surface area contributed by atoms with Gasteiger partial charge in [-0.25, -0.2) is 0 Å². The Labute approximate surface area is 272 Å². The molecule has 1 aromatic carbocycles. The van der Waals surface area contributed by atoms with Crippen molar-refractivity contribution in [1.82, 2.24) is 0 Å². The highest BCUT2D eigenvalue weighted by Crippen LogP contribution is 2.45. The third kappa shape index (κ3) is 10.3. The van der Waals surface area contributed by atoms with Crippen LogP contribution in [0.1, 0.15) is 143 Å². The summed E-state index contributed by atoms with van der Waals surface area (Å²) in [6.45, 7) is 19.4. The molecule has 0 saturated heterocycles. The van der Waals surface area contributed by atoms with Gasteiger partial charge in [0.25, 0.3) is 0 Å². The fraction of sp³-hybridized carbons (Fsp3) is 0.605. The maximum absolute atomic E-state index is 12.0. The Morgan fingerprint density at radius 1 is 1.00 bits per heavy atom. The first-order chi connectivity index (χ1) is 21.2. The molecule has 4 unspecified atom stereocenters. The van der Waals surface area contributed by atoms with E-state index in [1.807, 2.05) is 26.0 Å². The summed E-state index contributed by atoms with van der Waals surface area (Å²) in [5.74, 6) is 3.17. The first-order valence-corrected chi connectivity index (χ1v) is 18.2. The van der Waals surface area contributed by atoms with Gasteiger partial charge in [0.2, 0.25) is 0 Å². The fourth-order valence-corrected chi connectivity index (χ4v) is 8.13. The maximum atomic E-state index is 12.0. The number of carbonyl (C=O) groups is 1. The number of ketones is 1. The van der Waals surface area contributed by atoms with Gasteiger partial charge in [-0.1, -0.05) is 159 Å². The van der Waals surface area contributed by atoms with Crippen LogP contribution in [0.15, 0.2) is 77.9 Å². The van der Waals surface area contributed by atoms with E-state index in [0.717, 1.165) is 30.3 Å². The van der Waals surface area contributed by atoms with Crippen LogP contribution in [0.4, 0.5) is 0 Å². The van der Waals surface area contributed by atoms with Crippen molar-refractivity contribution in [2.24, 2.45) is 29.1 Å². The Bertz CT molecular complexity index is 1200. The Hall–Kier alpha value is -2.41. The van der Waals surface area contributed by atoms with Crippen LogP contribution < -0.4 is 0 Å². The van der Waals surface area contributed by atoms with Crippen molar-refractivity contribution in [2.45, 2.75) is 138 Å². The summed E-state index contributed by atoms with van der Waals surface area (Å²) in [6, 6.07) is 9.30. The lowest BCUT2D eigenvalue weighted by atomic mass is 9.75. The SMILES string of the molecule is C=CC(C)(C)CC1CCCCC(CC2Cc3ccccc3C(CC3=CC=C(C(C)=O)C=CC3)=C(CCC)C2C)CCC1.CC. The molecule has 4 atom stereocenters. The topological polar surface area (TPSA) is 17.1 Å². The van der Waals surface area contributed by atoms with Crippen LogP contribution in [-0.2, 0) is 11.2 Å². The quantitative estimate of drug-likeness (QED) is 0.246. The zero-order valence-electron chi connectivity index (χ0n) is 29.5. The molecular formula is C43H64O. The second-order valence-electron chi connectivity index (χ2n) is 14.5. The molecule has 3 aliphatic rings. The van der Waals surface area contributed by atoms with Gasteiger partial charge in [-0.15, -0.1) is 6.58 Å². The van der Waals surface area contributed by atoms with Crippen molar-refractivity contribution < 1.29 is 4.79 Å². The molecule has 4 rings (SSSR count). The molecule has 44 heavy (non-hydrogen) atoms. The van der Waals surface area contributed by atoms with E-state index >= 15 is 0 Å². The molecule has 3 aliphatic carbocycles. The van der Waals surface area contributed by atoms with Crippen LogP contribution in [0.25, 0.3) is 5.57 Å². The number of rotatable bonds is 10. The summed E-state index contributed by atoms with van der Waals surface area (Å²) in [7, 11) is 0. The normalized spacial score (nSPS) is 24.6. The number of hydrogen-bond donors (Lipinski definition) is 0. The molecule has 0 spiro atoms.